The van der Waals surface area contributed by atoms with E-state index in [1.54, 1.807) is 12.3 Å². The lowest BCUT2D eigenvalue weighted by atomic mass is 10.2. The normalized spacial score (nSPS) is 10.5. The second kappa shape index (κ2) is 7.59. The van der Waals surface area contributed by atoms with Crippen LogP contribution >= 0.6 is 27.5 Å². The molecule has 0 unspecified atom stereocenters. The Morgan fingerprint density at radius 3 is 2.89 bits per heavy atom. The summed E-state index contributed by atoms with van der Waals surface area (Å²) in [6.45, 7) is 5.37. The van der Waals surface area contributed by atoms with Gasteiger partial charge in [0.05, 0.1) is 9.50 Å². The minimum atomic E-state index is 0.0429. The first-order chi connectivity index (χ1) is 8.49. The number of nitrogens with zero attached hydrogens (tertiary/aromatic N) is 1. The predicted octanol–water partition coefficient (Wildman–Crippen LogP) is 3.07. The summed E-state index contributed by atoms with van der Waals surface area (Å²) < 4.78 is 0.789. The van der Waals surface area contributed by atoms with E-state index in [2.05, 4.69) is 45.4 Å². The van der Waals surface area contributed by atoms with Crippen LogP contribution in [0.4, 0.5) is 5.82 Å². The number of hydrogen-bond acceptors (Lipinski definition) is 3. The monoisotopic (exact) mass is 333 g/mol. The first kappa shape index (κ1) is 15.2. The lowest BCUT2D eigenvalue weighted by Gasteiger charge is -2.09. The molecule has 0 saturated carbocycles. The Hall–Kier alpha value is -0.810. The highest BCUT2D eigenvalue weighted by Gasteiger charge is 2.04. The van der Waals surface area contributed by atoms with Crippen LogP contribution < -0.4 is 10.6 Å². The maximum absolute atomic E-state index is 11.5. The Bertz CT molecular complexity index is 412. The van der Waals surface area contributed by atoms with E-state index in [1.807, 2.05) is 0 Å². The zero-order valence-electron chi connectivity index (χ0n) is 10.5. The molecule has 0 radical (unpaired) electrons. The van der Waals surface area contributed by atoms with E-state index < -0.39 is 0 Å². The Balaban J connectivity index is 2.31. The number of aromatic nitrogens is 1. The van der Waals surface area contributed by atoms with Gasteiger partial charge in [-0.05, 0) is 27.9 Å². The van der Waals surface area contributed by atoms with Crippen molar-refractivity contribution in [2.75, 3.05) is 18.4 Å². The zero-order chi connectivity index (χ0) is 13.5. The second-order valence-corrected chi connectivity index (χ2v) is 5.65. The van der Waals surface area contributed by atoms with E-state index in [4.69, 9.17) is 11.6 Å². The Kier molecular flexibility index (Phi) is 6.43. The summed E-state index contributed by atoms with van der Waals surface area (Å²) in [6, 6.07) is 1.76. The maximum atomic E-state index is 11.5. The number of pyridine rings is 1. The summed E-state index contributed by atoms with van der Waals surface area (Å²) in [4.78, 5) is 15.6. The van der Waals surface area contributed by atoms with Crippen molar-refractivity contribution in [2.24, 2.45) is 5.92 Å². The summed E-state index contributed by atoms with van der Waals surface area (Å²) in [5, 5.41) is 6.51. The first-order valence-corrected chi connectivity index (χ1v) is 6.97. The molecule has 1 rings (SSSR count). The smallest absolute Gasteiger partial charge is 0.221 e. The molecule has 0 aliphatic carbocycles. The highest BCUT2D eigenvalue weighted by Crippen LogP contribution is 2.22. The maximum Gasteiger partial charge on any atom is 0.221 e. The fraction of sp³-hybridized carbons (Fsp3) is 0.500. The SMILES string of the molecule is CC(C)CNC(=O)CCNc1ncc(Cl)cc1Br. The summed E-state index contributed by atoms with van der Waals surface area (Å²) >= 11 is 9.14. The molecule has 100 valence electrons. The summed E-state index contributed by atoms with van der Waals surface area (Å²) in [5.41, 5.74) is 0. The van der Waals surface area contributed by atoms with E-state index in [0.717, 1.165) is 4.47 Å². The minimum absolute atomic E-state index is 0.0429. The van der Waals surface area contributed by atoms with Crippen molar-refractivity contribution in [1.29, 1.82) is 0 Å². The van der Waals surface area contributed by atoms with Crippen LogP contribution in [0.25, 0.3) is 0 Å². The molecule has 18 heavy (non-hydrogen) atoms. The van der Waals surface area contributed by atoms with Crippen LogP contribution in [0.1, 0.15) is 20.3 Å². The van der Waals surface area contributed by atoms with Crippen molar-refractivity contribution in [1.82, 2.24) is 10.3 Å². The molecule has 0 saturated heterocycles. The number of nitrogens with one attached hydrogen (secondary N) is 2. The molecule has 0 atom stereocenters. The lowest BCUT2D eigenvalue weighted by molar-refractivity contribution is -0.120. The van der Waals surface area contributed by atoms with Crippen LogP contribution in [0.3, 0.4) is 0 Å². The number of anilines is 1. The number of halogens is 2. The number of carbonyl (C=O) groups excluding carboxylic acids is 1. The number of hydrogen-bond donors (Lipinski definition) is 2. The molecule has 0 spiro atoms. The molecule has 0 aromatic carbocycles. The third-order valence-corrected chi connectivity index (χ3v) is 2.97. The summed E-state index contributed by atoms with van der Waals surface area (Å²) in [6.07, 6.45) is 1.98. The van der Waals surface area contributed by atoms with Crippen LogP contribution in [-0.4, -0.2) is 24.0 Å². The lowest BCUT2D eigenvalue weighted by Crippen LogP contribution is -2.28. The van der Waals surface area contributed by atoms with Crippen molar-refractivity contribution in [3.05, 3.63) is 21.8 Å². The van der Waals surface area contributed by atoms with E-state index in [0.29, 0.717) is 36.3 Å². The van der Waals surface area contributed by atoms with Crippen molar-refractivity contribution in [3.63, 3.8) is 0 Å². The molecular weight excluding hydrogens is 318 g/mol. The summed E-state index contributed by atoms with van der Waals surface area (Å²) in [7, 11) is 0. The van der Waals surface area contributed by atoms with Crippen molar-refractivity contribution < 1.29 is 4.79 Å². The molecule has 0 aliphatic heterocycles. The molecule has 0 bridgehead atoms. The van der Waals surface area contributed by atoms with E-state index >= 15 is 0 Å². The second-order valence-electron chi connectivity index (χ2n) is 4.36. The average Bonchev–Trinajstić information content (AvgIpc) is 2.29. The van der Waals surface area contributed by atoms with Gasteiger partial charge in [-0.3, -0.25) is 4.79 Å². The van der Waals surface area contributed by atoms with Gasteiger partial charge in [-0.25, -0.2) is 4.98 Å². The van der Waals surface area contributed by atoms with Crippen LogP contribution in [0.5, 0.6) is 0 Å². The fourth-order valence-corrected chi connectivity index (χ4v) is 2.02. The molecule has 0 aliphatic rings. The van der Waals surface area contributed by atoms with Crippen LogP contribution in [0.15, 0.2) is 16.7 Å². The Morgan fingerprint density at radius 2 is 2.28 bits per heavy atom. The largest absolute Gasteiger partial charge is 0.369 e. The van der Waals surface area contributed by atoms with E-state index in [1.165, 1.54) is 0 Å². The molecular formula is C12H17BrClN3O. The van der Waals surface area contributed by atoms with E-state index in [9.17, 15) is 4.79 Å². The quantitative estimate of drug-likeness (QED) is 0.840. The molecule has 1 heterocycles. The van der Waals surface area contributed by atoms with Crippen LogP contribution in [0.2, 0.25) is 5.02 Å². The van der Waals surface area contributed by atoms with E-state index in [-0.39, 0.29) is 5.91 Å². The molecule has 0 fully saturated rings. The van der Waals surface area contributed by atoms with Gasteiger partial charge in [0.15, 0.2) is 0 Å². The average molecular weight is 335 g/mol. The number of rotatable bonds is 6. The highest BCUT2D eigenvalue weighted by molar-refractivity contribution is 9.10. The standard InChI is InChI=1S/C12H17BrClN3O/c1-8(2)6-16-11(18)3-4-15-12-10(13)5-9(14)7-17-12/h5,7-8H,3-4,6H2,1-2H3,(H,15,17)(H,16,18). The predicted molar refractivity (Wildman–Crippen MR) is 77.9 cm³/mol. The van der Waals surface area contributed by atoms with Crippen LogP contribution in [0, 0.1) is 5.92 Å². The molecule has 4 nitrogen and oxygen atoms in total. The molecule has 1 aromatic heterocycles. The van der Waals surface area contributed by atoms with Gasteiger partial charge in [-0.2, -0.15) is 0 Å². The van der Waals surface area contributed by atoms with Gasteiger partial charge in [0, 0.05) is 25.7 Å². The third kappa shape index (κ3) is 5.69. The van der Waals surface area contributed by atoms with Crippen molar-refractivity contribution in [2.45, 2.75) is 20.3 Å². The molecule has 6 heteroatoms. The highest BCUT2D eigenvalue weighted by atomic mass is 79.9. The molecule has 1 amide bonds. The molecule has 1 aromatic rings. The zero-order valence-corrected chi connectivity index (χ0v) is 12.8. The van der Waals surface area contributed by atoms with Crippen molar-refractivity contribution >= 4 is 39.3 Å². The van der Waals surface area contributed by atoms with Gasteiger partial charge in [-0.1, -0.05) is 25.4 Å². The van der Waals surface area contributed by atoms with Gasteiger partial charge in [-0.15, -0.1) is 0 Å². The van der Waals surface area contributed by atoms with Gasteiger partial charge in [0.2, 0.25) is 5.91 Å². The van der Waals surface area contributed by atoms with Gasteiger partial charge in [0.25, 0.3) is 0 Å². The number of carbonyl (C=O) groups is 1. The van der Waals surface area contributed by atoms with Gasteiger partial charge >= 0.3 is 0 Å². The van der Waals surface area contributed by atoms with Gasteiger partial charge < -0.3 is 10.6 Å². The van der Waals surface area contributed by atoms with Crippen molar-refractivity contribution in [3.8, 4) is 0 Å². The van der Waals surface area contributed by atoms with Crippen LogP contribution in [-0.2, 0) is 4.79 Å². The minimum Gasteiger partial charge on any atom is -0.369 e. The molecule has 2 N–H and O–H groups in total. The first-order valence-electron chi connectivity index (χ1n) is 5.80. The Morgan fingerprint density at radius 1 is 1.56 bits per heavy atom. The number of amides is 1. The van der Waals surface area contributed by atoms with Gasteiger partial charge in [0.1, 0.15) is 5.82 Å². The Labute approximate surface area is 121 Å². The fourth-order valence-electron chi connectivity index (χ4n) is 1.25. The summed E-state index contributed by atoms with van der Waals surface area (Å²) in [5.74, 6) is 1.20. The topological polar surface area (TPSA) is 54.0 Å². The third-order valence-electron chi connectivity index (χ3n) is 2.16.